The molecule has 0 radical (unpaired) electrons. The van der Waals surface area contributed by atoms with E-state index in [0.29, 0.717) is 6.42 Å². The number of hydrogen-bond donors (Lipinski definition) is 0. The molecule has 1 heterocycles. The molecule has 160 valence electrons. The van der Waals surface area contributed by atoms with Gasteiger partial charge >= 0.3 is 0 Å². The molecule has 0 aliphatic carbocycles. The van der Waals surface area contributed by atoms with Crippen molar-refractivity contribution in [1.82, 2.24) is 0 Å². The highest BCUT2D eigenvalue weighted by Crippen LogP contribution is 2.42. The fourth-order valence-corrected chi connectivity index (χ4v) is 4.32. The standard InChI is InChI=1S/C27H40O2/c1-19(11-8-12-20(2)14-10-18-28)13-9-16-27(7)17-15-25-23(5)21(3)22(4)24(6)26(25)29-27/h12-13,18H,8-11,14-17H2,1-7H3/b19-13+,20-12+/t27-/m0/s1. The largest absolute Gasteiger partial charge is 0.487 e. The zero-order chi connectivity index (χ0) is 21.6. The Labute approximate surface area is 178 Å². The number of allylic oxidation sites excluding steroid dienone is 4. The summed E-state index contributed by atoms with van der Waals surface area (Å²) in [7, 11) is 0. The molecule has 0 N–H and O–H groups in total. The monoisotopic (exact) mass is 396 g/mol. The van der Waals surface area contributed by atoms with E-state index in [9.17, 15) is 4.79 Å². The molecule has 0 saturated carbocycles. The van der Waals surface area contributed by atoms with Gasteiger partial charge in [0.15, 0.2) is 0 Å². The number of aldehydes is 1. The third-order valence-electron chi connectivity index (χ3n) is 6.86. The highest BCUT2D eigenvalue weighted by molar-refractivity contribution is 5.55. The number of benzene rings is 1. The second-order valence-corrected chi connectivity index (χ2v) is 9.24. The predicted molar refractivity (Wildman–Crippen MR) is 124 cm³/mol. The van der Waals surface area contributed by atoms with Crippen molar-refractivity contribution in [1.29, 1.82) is 0 Å². The van der Waals surface area contributed by atoms with E-state index in [4.69, 9.17) is 4.74 Å². The normalized spacial score (nSPS) is 19.7. The van der Waals surface area contributed by atoms with Gasteiger partial charge in [0.05, 0.1) is 0 Å². The molecule has 0 unspecified atom stereocenters. The van der Waals surface area contributed by atoms with Crippen LogP contribution in [0.15, 0.2) is 23.3 Å². The Balaban J connectivity index is 1.93. The van der Waals surface area contributed by atoms with E-state index in [1.165, 1.54) is 39.0 Å². The Hall–Kier alpha value is -1.83. The number of ether oxygens (including phenoxy) is 1. The van der Waals surface area contributed by atoms with Gasteiger partial charge in [-0.2, -0.15) is 0 Å². The minimum absolute atomic E-state index is 0.0754. The van der Waals surface area contributed by atoms with Crippen molar-refractivity contribution in [2.75, 3.05) is 0 Å². The molecule has 29 heavy (non-hydrogen) atoms. The highest BCUT2D eigenvalue weighted by Gasteiger charge is 2.33. The van der Waals surface area contributed by atoms with Gasteiger partial charge in [-0.15, -0.1) is 0 Å². The summed E-state index contributed by atoms with van der Waals surface area (Å²) >= 11 is 0. The van der Waals surface area contributed by atoms with E-state index in [-0.39, 0.29) is 5.60 Å². The third kappa shape index (κ3) is 6.07. The minimum Gasteiger partial charge on any atom is -0.487 e. The molecule has 0 aromatic heterocycles. The van der Waals surface area contributed by atoms with Crippen LogP contribution in [0.3, 0.4) is 0 Å². The number of rotatable bonds is 9. The van der Waals surface area contributed by atoms with Gasteiger partial charge in [-0.25, -0.2) is 0 Å². The summed E-state index contributed by atoms with van der Waals surface area (Å²) in [6.07, 6.45) is 13.7. The molecule has 0 saturated heterocycles. The van der Waals surface area contributed by atoms with Gasteiger partial charge in [0.25, 0.3) is 0 Å². The molecule has 1 aromatic carbocycles. The first-order chi connectivity index (χ1) is 13.7. The van der Waals surface area contributed by atoms with Crippen LogP contribution in [0.25, 0.3) is 0 Å². The zero-order valence-corrected chi connectivity index (χ0v) is 19.7. The van der Waals surface area contributed by atoms with Crippen molar-refractivity contribution in [3.8, 4) is 5.75 Å². The van der Waals surface area contributed by atoms with Crippen LogP contribution in [0.2, 0.25) is 0 Å². The van der Waals surface area contributed by atoms with Crippen molar-refractivity contribution in [2.45, 2.75) is 105 Å². The first-order valence-electron chi connectivity index (χ1n) is 11.2. The van der Waals surface area contributed by atoms with E-state index in [0.717, 1.165) is 57.0 Å². The van der Waals surface area contributed by atoms with Crippen LogP contribution in [-0.2, 0) is 11.2 Å². The van der Waals surface area contributed by atoms with Gasteiger partial charge in [-0.05, 0) is 121 Å². The maximum absolute atomic E-state index is 10.5. The lowest BCUT2D eigenvalue weighted by Gasteiger charge is -2.38. The lowest BCUT2D eigenvalue weighted by atomic mass is 9.83. The highest BCUT2D eigenvalue weighted by atomic mass is 16.5. The van der Waals surface area contributed by atoms with Gasteiger partial charge in [-0.1, -0.05) is 23.3 Å². The summed E-state index contributed by atoms with van der Waals surface area (Å²) in [5.74, 6) is 1.15. The number of fused-ring (bicyclic) bond motifs is 1. The molecule has 2 rings (SSSR count). The first kappa shape index (κ1) is 23.4. The van der Waals surface area contributed by atoms with Crippen LogP contribution < -0.4 is 4.74 Å². The van der Waals surface area contributed by atoms with Crippen molar-refractivity contribution in [2.24, 2.45) is 0 Å². The van der Waals surface area contributed by atoms with E-state index in [2.05, 4.69) is 60.6 Å². The Morgan fingerprint density at radius 3 is 2.14 bits per heavy atom. The van der Waals surface area contributed by atoms with E-state index in [1.807, 2.05) is 0 Å². The average molecular weight is 397 g/mol. The molecule has 2 nitrogen and oxygen atoms in total. The Morgan fingerprint density at radius 1 is 0.897 bits per heavy atom. The molecule has 1 atom stereocenters. The third-order valence-corrected chi connectivity index (χ3v) is 6.86. The molecule has 0 fully saturated rings. The first-order valence-corrected chi connectivity index (χ1v) is 11.2. The number of hydrogen-bond acceptors (Lipinski definition) is 2. The maximum Gasteiger partial charge on any atom is 0.126 e. The van der Waals surface area contributed by atoms with Crippen LogP contribution in [0.1, 0.15) is 93.5 Å². The van der Waals surface area contributed by atoms with E-state index >= 15 is 0 Å². The molecule has 0 spiro atoms. The quantitative estimate of drug-likeness (QED) is 0.320. The smallest absolute Gasteiger partial charge is 0.126 e. The summed E-state index contributed by atoms with van der Waals surface area (Å²) in [5, 5.41) is 0. The van der Waals surface area contributed by atoms with Crippen LogP contribution in [0, 0.1) is 27.7 Å². The predicted octanol–water partition coefficient (Wildman–Crippen LogP) is 7.44. The van der Waals surface area contributed by atoms with Crippen LogP contribution in [0.5, 0.6) is 5.75 Å². The van der Waals surface area contributed by atoms with Crippen molar-refractivity contribution >= 4 is 6.29 Å². The van der Waals surface area contributed by atoms with E-state index < -0.39 is 0 Å². The van der Waals surface area contributed by atoms with Gasteiger partial charge in [0.2, 0.25) is 0 Å². The summed E-state index contributed by atoms with van der Waals surface area (Å²) in [4.78, 5) is 10.5. The zero-order valence-electron chi connectivity index (χ0n) is 19.7. The van der Waals surface area contributed by atoms with Crippen LogP contribution in [0.4, 0.5) is 0 Å². The lowest BCUT2D eigenvalue weighted by molar-refractivity contribution is -0.107. The molecule has 1 aromatic rings. The van der Waals surface area contributed by atoms with Gasteiger partial charge in [0.1, 0.15) is 17.6 Å². The fraction of sp³-hybridized carbons (Fsp3) is 0.593. The lowest BCUT2D eigenvalue weighted by Crippen LogP contribution is -2.37. The fourth-order valence-electron chi connectivity index (χ4n) is 4.32. The summed E-state index contributed by atoms with van der Waals surface area (Å²) in [6.45, 7) is 15.5. The average Bonchev–Trinajstić information content (AvgIpc) is 2.69. The summed E-state index contributed by atoms with van der Waals surface area (Å²) < 4.78 is 6.63. The van der Waals surface area contributed by atoms with Crippen LogP contribution >= 0.6 is 0 Å². The van der Waals surface area contributed by atoms with E-state index in [1.54, 1.807) is 0 Å². The SMILES string of the molecule is C/C(=C\CC/C(C)=C/CC[C@@]1(C)CCc2c(C)c(C)c(C)c(C)c2O1)CCC=O. The number of carbonyl (C=O) groups is 1. The Bertz CT molecular complexity index is 797. The molecule has 0 bridgehead atoms. The molecular weight excluding hydrogens is 356 g/mol. The molecular formula is C27H40O2. The molecule has 1 aliphatic heterocycles. The van der Waals surface area contributed by atoms with Crippen molar-refractivity contribution in [3.63, 3.8) is 0 Å². The van der Waals surface area contributed by atoms with Crippen LogP contribution in [-0.4, -0.2) is 11.9 Å². The van der Waals surface area contributed by atoms with Gasteiger partial charge < -0.3 is 9.53 Å². The topological polar surface area (TPSA) is 26.3 Å². The molecule has 0 amide bonds. The van der Waals surface area contributed by atoms with Crippen molar-refractivity contribution < 1.29 is 9.53 Å². The second-order valence-electron chi connectivity index (χ2n) is 9.24. The van der Waals surface area contributed by atoms with Gasteiger partial charge in [-0.3, -0.25) is 0 Å². The molecule has 1 aliphatic rings. The molecule has 2 heteroatoms. The second kappa shape index (κ2) is 10.3. The van der Waals surface area contributed by atoms with Crippen molar-refractivity contribution in [3.05, 3.63) is 51.1 Å². The Morgan fingerprint density at radius 2 is 1.48 bits per heavy atom. The van der Waals surface area contributed by atoms with Gasteiger partial charge in [0, 0.05) is 6.42 Å². The minimum atomic E-state index is -0.0754. The summed E-state index contributed by atoms with van der Waals surface area (Å²) in [5.41, 5.74) is 9.64. The number of carbonyl (C=O) groups excluding carboxylic acids is 1. The summed E-state index contributed by atoms with van der Waals surface area (Å²) in [6, 6.07) is 0. The maximum atomic E-state index is 10.5. The Kier molecular flexibility index (Phi) is 8.31.